The standard InChI is InChI=1S/C39H33N2/c1-22-14-23(2)25(4)31(15-22)37-20-36(40-21-41(37)5)30-19-35-32(16-24(30)3)38-28-12-8-9-13-29(28)39(35)34-18-27-11-7-6-10-26(27)17-33(34)38/h6-21,38-39H,1-5H3/q+1. The van der Waals surface area contributed by atoms with Crippen LogP contribution in [-0.2, 0) is 7.05 Å². The topological polar surface area (TPSA) is 16.8 Å². The van der Waals surface area contributed by atoms with Gasteiger partial charge in [0.15, 0.2) is 5.69 Å². The monoisotopic (exact) mass is 529 g/mol. The van der Waals surface area contributed by atoms with Crippen molar-refractivity contribution in [3.8, 4) is 22.5 Å². The maximum atomic E-state index is 4.97. The van der Waals surface area contributed by atoms with Gasteiger partial charge in [-0.05, 0) is 118 Å². The zero-order valence-corrected chi connectivity index (χ0v) is 24.3. The van der Waals surface area contributed by atoms with Crippen LogP contribution in [0.3, 0.4) is 0 Å². The molecule has 0 fully saturated rings. The second kappa shape index (κ2) is 8.72. The van der Waals surface area contributed by atoms with Gasteiger partial charge in [0.1, 0.15) is 5.69 Å². The molecule has 3 aliphatic rings. The summed E-state index contributed by atoms with van der Waals surface area (Å²) in [6, 6.07) is 34.5. The average molecular weight is 530 g/mol. The maximum Gasteiger partial charge on any atom is 0.287 e. The van der Waals surface area contributed by atoms with Crippen molar-refractivity contribution in [2.24, 2.45) is 7.05 Å². The minimum Gasteiger partial charge on any atom is -0.232 e. The Morgan fingerprint density at radius 3 is 1.80 bits per heavy atom. The lowest BCUT2D eigenvalue weighted by Crippen LogP contribution is -2.32. The number of aromatic nitrogens is 2. The van der Waals surface area contributed by atoms with Crippen molar-refractivity contribution in [1.29, 1.82) is 0 Å². The molecule has 2 unspecified atom stereocenters. The molecule has 198 valence electrons. The lowest BCUT2D eigenvalue weighted by molar-refractivity contribution is -0.663. The van der Waals surface area contributed by atoms with E-state index in [1.165, 1.54) is 83.2 Å². The number of hydrogen-bond donors (Lipinski definition) is 0. The number of fused-ring (bicyclic) bond motifs is 1. The van der Waals surface area contributed by atoms with E-state index in [-0.39, 0.29) is 11.8 Å². The first kappa shape index (κ1) is 24.3. The zero-order valence-electron chi connectivity index (χ0n) is 24.3. The number of rotatable bonds is 2. The Kier molecular flexibility index (Phi) is 5.16. The van der Waals surface area contributed by atoms with Crippen LogP contribution in [-0.4, -0.2) is 4.98 Å². The van der Waals surface area contributed by atoms with Crippen LogP contribution in [0.15, 0.2) is 97.3 Å². The minimum atomic E-state index is 0.228. The first-order valence-corrected chi connectivity index (χ1v) is 14.6. The van der Waals surface area contributed by atoms with E-state index < -0.39 is 0 Å². The third-order valence-electron chi connectivity index (χ3n) is 9.63. The molecule has 0 aliphatic heterocycles. The predicted molar refractivity (Wildman–Crippen MR) is 168 cm³/mol. The summed E-state index contributed by atoms with van der Waals surface area (Å²) >= 11 is 0. The molecule has 5 aromatic carbocycles. The quantitative estimate of drug-likeness (QED) is 0.205. The zero-order chi connectivity index (χ0) is 28.0. The van der Waals surface area contributed by atoms with Crippen LogP contribution in [0, 0.1) is 27.7 Å². The molecule has 1 aromatic heterocycles. The van der Waals surface area contributed by atoms with E-state index in [9.17, 15) is 0 Å². The summed E-state index contributed by atoms with van der Waals surface area (Å²) in [7, 11) is 2.10. The first-order valence-electron chi connectivity index (χ1n) is 14.6. The molecule has 1 heterocycles. The van der Waals surface area contributed by atoms with Crippen LogP contribution in [0.5, 0.6) is 0 Å². The second-order valence-electron chi connectivity index (χ2n) is 12.1. The molecule has 3 aliphatic carbocycles. The van der Waals surface area contributed by atoms with Crippen molar-refractivity contribution < 1.29 is 4.57 Å². The Labute approximate surface area is 242 Å². The number of nitrogens with zero attached hydrogens (tertiary/aromatic N) is 2. The Bertz CT molecular complexity index is 2070. The highest BCUT2D eigenvalue weighted by molar-refractivity contribution is 5.87. The Balaban J connectivity index is 1.34. The minimum absolute atomic E-state index is 0.228. The van der Waals surface area contributed by atoms with Gasteiger partial charge in [-0.1, -0.05) is 66.2 Å². The van der Waals surface area contributed by atoms with E-state index in [2.05, 4.69) is 130 Å². The average Bonchev–Trinajstić information content (AvgIpc) is 2.98. The highest BCUT2D eigenvalue weighted by Gasteiger charge is 2.42. The van der Waals surface area contributed by atoms with Crippen molar-refractivity contribution in [1.82, 2.24) is 4.98 Å². The van der Waals surface area contributed by atoms with Crippen molar-refractivity contribution in [2.45, 2.75) is 39.5 Å². The molecule has 9 rings (SSSR count). The van der Waals surface area contributed by atoms with Crippen molar-refractivity contribution in [2.75, 3.05) is 0 Å². The highest BCUT2D eigenvalue weighted by Crippen LogP contribution is 2.57. The third-order valence-corrected chi connectivity index (χ3v) is 9.63. The summed E-state index contributed by atoms with van der Waals surface area (Å²) in [4.78, 5) is 4.97. The largest absolute Gasteiger partial charge is 0.287 e. The van der Waals surface area contributed by atoms with E-state index in [0.29, 0.717) is 0 Å². The van der Waals surface area contributed by atoms with Crippen LogP contribution in [0.1, 0.15) is 67.5 Å². The molecule has 41 heavy (non-hydrogen) atoms. The number of benzene rings is 5. The molecule has 0 amide bonds. The van der Waals surface area contributed by atoms with E-state index in [0.717, 1.165) is 5.69 Å². The smallest absolute Gasteiger partial charge is 0.232 e. The summed E-state index contributed by atoms with van der Waals surface area (Å²) in [5.74, 6) is 0.486. The van der Waals surface area contributed by atoms with E-state index >= 15 is 0 Å². The molecule has 2 heteroatoms. The molecule has 2 nitrogen and oxygen atoms in total. The van der Waals surface area contributed by atoms with Crippen LogP contribution in [0.2, 0.25) is 0 Å². The van der Waals surface area contributed by atoms with Crippen LogP contribution >= 0.6 is 0 Å². The van der Waals surface area contributed by atoms with Gasteiger partial charge in [-0.25, -0.2) is 4.57 Å². The molecule has 0 saturated heterocycles. The molecule has 0 N–H and O–H groups in total. The van der Waals surface area contributed by atoms with Gasteiger partial charge in [0.05, 0.1) is 7.05 Å². The van der Waals surface area contributed by atoms with E-state index in [1.54, 1.807) is 0 Å². The summed E-state index contributed by atoms with van der Waals surface area (Å²) < 4.78 is 2.15. The Hall–Kier alpha value is -4.56. The highest BCUT2D eigenvalue weighted by atomic mass is 15.0. The summed E-state index contributed by atoms with van der Waals surface area (Å²) in [5.41, 5.74) is 18.6. The summed E-state index contributed by atoms with van der Waals surface area (Å²) in [5, 5.41) is 2.64. The van der Waals surface area contributed by atoms with E-state index in [1.807, 2.05) is 6.33 Å². The molecule has 0 radical (unpaired) electrons. The number of aryl methyl sites for hydroxylation is 4. The van der Waals surface area contributed by atoms with Crippen molar-refractivity contribution in [3.63, 3.8) is 0 Å². The van der Waals surface area contributed by atoms with Gasteiger partial charge in [-0.2, -0.15) is 0 Å². The molecule has 0 spiro atoms. The normalized spacial score (nSPS) is 16.4. The van der Waals surface area contributed by atoms with Gasteiger partial charge >= 0.3 is 0 Å². The van der Waals surface area contributed by atoms with Gasteiger partial charge in [0, 0.05) is 29.0 Å². The molecule has 0 saturated carbocycles. The van der Waals surface area contributed by atoms with Crippen molar-refractivity contribution >= 4 is 10.8 Å². The predicted octanol–water partition coefficient (Wildman–Crippen LogP) is 8.61. The lowest BCUT2D eigenvalue weighted by Gasteiger charge is -2.42. The lowest BCUT2D eigenvalue weighted by atomic mass is 9.60. The Morgan fingerprint density at radius 2 is 1.15 bits per heavy atom. The second-order valence-corrected chi connectivity index (χ2v) is 12.1. The van der Waals surface area contributed by atoms with Gasteiger partial charge in [0.25, 0.3) is 6.33 Å². The fourth-order valence-corrected chi connectivity index (χ4v) is 7.54. The Morgan fingerprint density at radius 1 is 0.561 bits per heavy atom. The van der Waals surface area contributed by atoms with Gasteiger partial charge < -0.3 is 0 Å². The summed E-state index contributed by atoms with van der Waals surface area (Å²) in [6.45, 7) is 8.86. The van der Waals surface area contributed by atoms with Gasteiger partial charge in [-0.15, -0.1) is 0 Å². The first-order chi connectivity index (χ1) is 19.9. The SMILES string of the molecule is Cc1cc(C)c(C)c(-c2cc(-c3cc4c(cc3C)C3c5ccccc5C4c4cc5ccccc5cc43)nc[n+]2C)c1. The van der Waals surface area contributed by atoms with Crippen LogP contribution in [0.4, 0.5) is 0 Å². The maximum absolute atomic E-state index is 4.97. The van der Waals surface area contributed by atoms with Crippen LogP contribution < -0.4 is 4.57 Å². The fraction of sp³-hybridized carbons (Fsp3) is 0.179. The van der Waals surface area contributed by atoms with Crippen LogP contribution in [0.25, 0.3) is 33.3 Å². The fourth-order valence-electron chi connectivity index (χ4n) is 7.54. The number of hydrogen-bond acceptors (Lipinski definition) is 1. The molecular formula is C39H33N2+. The summed E-state index contributed by atoms with van der Waals surface area (Å²) in [6.07, 6.45) is 1.98. The molecule has 2 bridgehead atoms. The van der Waals surface area contributed by atoms with Crippen molar-refractivity contribution in [3.05, 3.63) is 153 Å². The van der Waals surface area contributed by atoms with Gasteiger partial charge in [0.2, 0.25) is 0 Å². The molecular weight excluding hydrogens is 496 g/mol. The van der Waals surface area contributed by atoms with E-state index in [4.69, 9.17) is 4.98 Å². The third kappa shape index (κ3) is 3.50. The molecule has 6 aromatic rings. The molecule has 2 atom stereocenters. The van der Waals surface area contributed by atoms with Gasteiger partial charge in [-0.3, -0.25) is 0 Å².